The molecule has 0 rings (SSSR count). The highest BCUT2D eigenvalue weighted by Gasteiger charge is 2.07. The highest BCUT2D eigenvalue weighted by Crippen LogP contribution is 2.26. The van der Waals surface area contributed by atoms with Crippen LogP contribution in [-0.4, -0.2) is 0 Å². The highest BCUT2D eigenvalue weighted by molar-refractivity contribution is 6.31. The zero-order valence-corrected chi connectivity index (χ0v) is 17.0. The molecule has 0 amide bonds. The molecule has 2 heteroatoms. The average Bonchev–Trinajstić information content (AvgIpc) is 2.61. The van der Waals surface area contributed by atoms with Gasteiger partial charge in [-0.2, -0.15) is 0 Å². The summed E-state index contributed by atoms with van der Waals surface area (Å²) in [4.78, 5) is 0. The van der Waals surface area contributed by atoms with Gasteiger partial charge in [-0.15, -0.1) is 0 Å². The topological polar surface area (TPSA) is 0 Å². The monoisotopic (exact) mass is 350 g/mol. The molecule has 0 radical (unpaired) electrons. The molecular weight excluding hydrogens is 319 g/mol. The standard InChI is InChI=1S/C20H26ClF.C2H6/c1-8-14(4)19(12-11-18(21)9-2)17(7)15(5)13-16(6)20(22)10-3;1-2/h9-13H,5,7-8H2,1-4,6H3;1-2H3/b12-11-,16-13-,18-9+,19-14-,20-10+;. The van der Waals surface area contributed by atoms with Crippen LogP contribution in [0.4, 0.5) is 4.39 Å². The van der Waals surface area contributed by atoms with Crippen molar-refractivity contribution in [2.75, 3.05) is 0 Å². The summed E-state index contributed by atoms with van der Waals surface area (Å²) in [6.45, 7) is 21.5. The summed E-state index contributed by atoms with van der Waals surface area (Å²) < 4.78 is 13.5. The van der Waals surface area contributed by atoms with Crippen LogP contribution in [0.3, 0.4) is 0 Å². The van der Waals surface area contributed by atoms with Gasteiger partial charge >= 0.3 is 0 Å². The van der Waals surface area contributed by atoms with Crippen molar-refractivity contribution in [3.05, 3.63) is 82.3 Å². The zero-order chi connectivity index (χ0) is 19.3. The van der Waals surface area contributed by atoms with E-state index in [-0.39, 0.29) is 5.83 Å². The number of rotatable bonds is 7. The van der Waals surface area contributed by atoms with Crippen LogP contribution in [0, 0.1) is 0 Å². The minimum Gasteiger partial charge on any atom is -0.207 e. The average molecular weight is 351 g/mol. The van der Waals surface area contributed by atoms with Crippen LogP contribution in [0.25, 0.3) is 0 Å². The quantitative estimate of drug-likeness (QED) is 0.404. The van der Waals surface area contributed by atoms with Crippen LogP contribution in [-0.2, 0) is 0 Å². The van der Waals surface area contributed by atoms with Crippen molar-refractivity contribution in [2.45, 2.75) is 54.9 Å². The van der Waals surface area contributed by atoms with E-state index in [0.717, 1.165) is 17.6 Å². The van der Waals surface area contributed by atoms with E-state index in [9.17, 15) is 4.39 Å². The normalized spacial score (nSPS) is 14.1. The molecule has 0 aliphatic rings. The van der Waals surface area contributed by atoms with Crippen LogP contribution < -0.4 is 0 Å². The summed E-state index contributed by atoms with van der Waals surface area (Å²) in [6, 6.07) is 0. The Balaban J connectivity index is 0. The van der Waals surface area contributed by atoms with E-state index < -0.39 is 0 Å². The molecule has 0 aromatic rings. The Bertz CT molecular complexity index is 581. The molecule has 0 saturated heterocycles. The Morgan fingerprint density at radius 2 is 1.58 bits per heavy atom. The first-order chi connectivity index (χ1) is 11.3. The maximum Gasteiger partial charge on any atom is 0.121 e. The van der Waals surface area contributed by atoms with Crippen LogP contribution in [0.15, 0.2) is 82.3 Å². The second-order valence-electron chi connectivity index (χ2n) is 5.02. The van der Waals surface area contributed by atoms with Gasteiger partial charge in [-0.1, -0.05) is 69.3 Å². The maximum absolute atomic E-state index is 13.5. The molecule has 0 N–H and O–H groups in total. The third-order valence-electron chi connectivity index (χ3n) is 3.41. The van der Waals surface area contributed by atoms with Gasteiger partial charge in [-0.3, -0.25) is 0 Å². The lowest BCUT2D eigenvalue weighted by Crippen LogP contribution is -1.93. The van der Waals surface area contributed by atoms with E-state index in [1.807, 2.05) is 45.9 Å². The first-order valence-corrected chi connectivity index (χ1v) is 8.74. The lowest BCUT2D eigenvalue weighted by Gasteiger charge is -2.12. The molecule has 24 heavy (non-hydrogen) atoms. The summed E-state index contributed by atoms with van der Waals surface area (Å²) in [5, 5.41) is 0.659. The molecule has 0 bridgehead atoms. The number of hydrogen-bond acceptors (Lipinski definition) is 0. The Morgan fingerprint density at radius 1 is 1.04 bits per heavy atom. The Labute approximate surface area is 153 Å². The third-order valence-corrected chi connectivity index (χ3v) is 3.75. The van der Waals surface area contributed by atoms with Crippen molar-refractivity contribution in [1.82, 2.24) is 0 Å². The molecule has 0 saturated carbocycles. The van der Waals surface area contributed by atoms with Crippen molar-refractivity contribution < 1.29 is 4.39 Å². The molecule has 0 atom stereocenters. The van der Waals surface area contributed by atoms with Gasteiger partial charge in [-0.25, -0.2) is 4.39 Å². The summed E-state index contributed by atoms with van der Waals surface area (Å²) in [5.74, 6) is -0.251. The Morgan fingerprint density at radius 3 is 2.00 bits per heavy atom. The summed E-state index contributed by atoms with van der Waals surface area (Å²) in [7, 11) is 0. The second-order valence-corrected chi connectivity index (χ2v) is 5.46. The summed E-state index contributed by atoms with van der Waals surface area (Å²) in [6.07, 6.45) is 9.63. The SMILES string of the molecule is C=C(/C=C(C)\C(F)=C/C)C(=C)C(/C=C\C(Cl)=C/C)=C(/C)CC.CC. The molecular formula is C22H32ClF. The first kappa shape index (κ1) is 24.6. The van der Waals surface area contributed by atoms with Crippen LogP contribution >= 0.6 is 11.6 Å². The summed E-state index contributed by atoms with van der Waals surface area (Å²) >= 11 is 6.02. The smallest absolute Gasteiger partial charge is 0.121 e. The molecule has 0 nitrogen and oxygen atoms in total. The maximum atomic E-state index is 13.5. The first-order valence-electron chi connectivity index (χ1n) is 8.37. The van der Waals surface area contributed by atoms with Crippen LogP contribution in [0.2, 0.25) is 0 Å². The van der Waals surface area contributed by atoms with Crippen LogP contribution in [0.5, 0.6) is 0 Å². The van der Waals surface area contributed by atoms with Gasteiger partial charge in [0.2, 0.25) is 0 Å². The van der Waals surface area contributed by atoms with Crippen molar-refractivity contribution in [3.63, 3.8) is 0 Å². The van der Waals surface area contributed by atoms with Crippen molar-refractivity contribution in [2.24, 2.45) is 0 Å². The molecule has 0 aliphatic carbocycles. The fourth-order valence-corrected chi connectivity index (χ4v) is 1.83. The molecule has 0 heterocycles. The molecule has 0 fully saturated rings. The fourth-order valence-electron chi connectivity index (χ4n) is 1.77. The molecule has 0 aromatic carbocycles. The number of hydrogen-bond donors (Lipinski definition) is 0. The van der Waals surface area contributed by atoms with E-state index in [4.69, 9.17) is 11.6 Å². The lowest BCUT2D eigenvalue weighted by atomic mass is 9.93. The van der Waals surface area contributed by atoms with Gasteiger partial charge in [0, 0.05) is 5.03 Å². The van der Waals surface area contributed by atoms with Crippen molar-refractivity contribution in [1.29, 1.82) is 0 Å². The summed E-state index contributed by atoms with van der Waals surface area (Å²) in [5.41, 5.74) is 4.17. The molecule has 0 spiro atoms. The van der Waals surface area contributed by atoms with E-state index in [1.165, 1.54) is 11.6 Å². The number of halogens is 2. The predicted octanol–water partition coefficient (Wildman–Crippen LogP) is 8.37. The third kappa shape index (κ3) is 8.88. The Kier molecular flexibility index (Phi) is 14.2. The van der Waals surface area contributed by atoms with Crippen LogP contribution in [0.1, 0.15) is 54.9 Å². The molecule has 134 valence electrons. The van der Waals surface area contributed by atoms with Gasteiger partial charge in [0.15, 0.2) is 0 Å². The van der Waals surface area contributed by atoms with E-state index >= 15 is 0 Å². The van der Waals surface area contributed by atoms with Gasteiger partial charge in [-0.05, 0) is 68.6 Å². The van der Waals surface area contributed by atoms with E-state index in [2.05, 4.69) is 20.1 Å². The van der Waals surface area contributed by atoms with Gasteiger partial charge in [0.25, 0.3) is 0 Å². The highest BCUT2D eigenvalue weighted by atomic mass is 35.5. The molecule has 0 aliphatic heterocycles. The zero-order valence-electron chi connectivity index (χ0n) is 16.3. The van der Waals surface area contributed by atoms with Gasteiger partial charge in [0.1, 0.15) is 5.83 Å². The van der Waals surface area contributed by atoms with Gasteiger partial charge in [0.05, 0.1) is 0 Å². The number of allylic oxidation sites excluding steroid dienone is 12. The largest absolute Gasteiger partial charge is 0.207 e. The minimum atomic E-state index is -0.251. The Hall–Kier alpha value is -1.60. The fraction of sp³-hybridized carbons (Fsp3) is 0.364. The lowest BCUT2D eigenvalue weighted by molar-refractivity contribution is 0.649. The van der Waals surface area contributed by atoms with Crippen molar-refractivity contribution >= 4 is 11.6 Å². The van der Waals surface area contributed by atoms with Gasteiger partial charge < -0.3 is 0 Å². The van der Waals surface area contributed by atoms with E-state index in [1.54, 1.807) is 19.9 Å². The minimum absolute atomic E-state index is 0.251. The van der Waals surface area contributed by atoms with E-state index in [0.29, 0.717) is 16.2 Å². The predicted molar refractivity (Wildman–Crippen MR) is 110 cm³/mol. The van der Waals surface area contributed by atoms with Crippen molar-refractivity contribution in [3.8, 4) is 0 Å². The molecule has 0 aromatic heterocycles. The molecule has 0 unspecified atom stereocenters. The second kappa shape index (κ2) is 13.8.